The number of allylic oxidation sites excluding steroid dienone is 2. The Morgan fingerprint density at radius 2 is 1.26 bits per heavy atom. The summed E-state index contributed by atoms with van der Waals surface area (Å²) in [6.07, 6.45) is -2.88. The molecule has 0 spiro atoms. The van der Waals surface area contributed by atoms with Crippen LogP contribution >= 0.6 is 0 Å². The van der Waals surface area contributed by atoms with E-state index in [1.807, 2.05) is 45.9 Å². The highest BCUT2D eigenvalue weighted by molar-refractivity contribution is 5.91. The van der Waals surface area contributed by atoms with Gasteiger partial charge in [-0.25, -0.2) is 0 Å². The summed E-state index contributed by atoms with van der Waals surface area (Å²) in [4.78, 5) is 0. The summed E-state index contributed by atoms with van der Waals surface area (Å²) in [5.74, 6) is 1.88. The fraction of sp³-hybridized carbons (Fsp3) is 0.576. The molecule has 0 unspecified atom stereocenters. The van der Waals surface area contributed by atoms with Gasteiger partial charge in [-0.2, -0.15) is 26.3 Å². The molecule has 2 aromatic rings. The molecule has 2 aromatic carbocycles. The molecule has 39 heavy (non-hydrogen) atoms. The van der Waals surface area contributed by atoms with Crippen molar-refractivity contribution >= 4 is 11.1 Å². The highest BCUT2D eigenvalue weighted by Gasteiger charge is 2.37. The van der Waals surface area contributed by atoms with Crippen LogP contribution in [0.1, 0.15) is 122 Å². The van der Waals surface area contributed by atoms with Gasteiger partial charge in [0.2, 0.25) is 0 Å². The lowest BCUT2D eigenvalue weighted by molar-refractivity contribution is -0.143. The molecule has 0 N–H and O–H groups in total. The van der Waals surface area contributed by atoms with Gasteiger partial charge < -0.3 is 0 Å². The molecule has 0 fully saturated rings. The highest BCUT2D eigenvalue weighted by atomic mass is 19.4. The van der Waals surface area contributed by atoms with Crippen LogP contribution < -0.4 is 0 Å². The number of rotatable bonds is 9. The van der Waals surface area contributed by atoms with E-state index in [1.165, 1.54) is 25.7 Å². The number of benzene rings is 2. The van der Waals surface area contributed by atoms with Gasteiger partial charge in [-0.05, 0) is 78.1 Å². The van der Waals surface area contributed by atoms with E-state index < -0.39 is 23.5 Å². The average molecular weight is 559 g/mol. The van der Waals surface area contributed by atoms with Crippen molar-refractivity contribution in [1.82, 2.24) is 0 Å². The molecule has 0 radical (unpaired) electrons. The molecule has 0 aliphatic heterocycles. The largest absolute Gasteiger partial charge is 0.416 e. The molecule has 0 bridgehead atoms. The van der Waals surface area contributed by atoms with Crippen molar-refractivity contribution in [3.8, 4) is 0 Å². The number of hydrogen-bond donors (Lipinski definition) is 0. The standard InChI is InChI=1S/C21H20F6.C10H22.C2H6/c1-4-7-19(18-9-6-5-8-13(18)2)14(3)15-10-16(20(22,23)24)12-17(11-15)21(25,26)27;1-5-10(6-2)8-7-9(3)4;1-2/h5-6,8-12H,4,7H2,1-3H3;9-10H,5-8H2,1-4H3;1-2H3/b19-14+;;. The SMILES string of the molecule is CC.CCC(CC)CCC(C)C.CCC/C(=C(/C)c1cc(C(F)(F)F)cc(C(F)(F)F)c1)c1ccccc1C. The summed E-state index contributed by atoms with van der Waals surface area (Å²) in [6, 6.07) is 9.08. The Bertz CT molecular complexity index is 960. The first-order valence-corrected chi connectivity index (χ1v) is 14.2. The summed E-state index contributed by atoms with van der Waals surface area (Å²) in [7, 11) is 0. The van der Waals surface area contributed by atoms with E-state index in [1.54, 1.807) is 13.0 Å². The normalized spacial score (nSPS) is 12.4. The van der Waals surface area contributed by atoms with Crippen LogP contribution in [0.3, 0.4) is 0 Å². The van der Waals surface area contributed by atoms with Gasteiger partial charge in [0.15, 0.2) is 0 Å². The molecule has 0 aromatic heterocycles. The van der Waals surface area contributed by atoms with Crippen LogP contribution in [0.15, 0.2) is 42.5 Å². The molecule has 0 heterocycles. The molecule has 222 valence electrons. The Morgan fingerprint density at radius 3 is 1.64 bits per heavy atom. The highest BCUT2D eigenvalue weighted by Crippen LogP contribution is 2.39. The minimum absolute atomic E-state index is 0.0659. The van der Waals surface area contributed by atoms with E-state index in [2.05, 4.69) is 27.7 Å². The zero-order valence-electron chi connectivity index (χ0n) is 25.2. The Balaban J connectivity index is 0.00000101. The summed E-state index contributed by atoms with van der Waals surface area (Å²) in [5.41, 5.74) is 0.264. The smallest absolute Gasteiger partial charge is 0.166 e. The maximum atomic E-state index is 13.2. The quantitative estimate of drug-likeness (QED) is 0.212. The lowest BCUT2D eigenvalue weighted by Gasteiger charge is -2.18. The topological polar surface area (TPSA) is 0 Å². The second-order valence-corrected chi connectivity index (χ2v) is 10.1. The van der Waals surface area contributed by atoms with Gasteiger partial charge in [0.05, 0.1) is 11.1 Å². The molecule has 0 saturated heterocycles. The maximum Gasteiger partial charge on any atom is 0.416 e. The van der Waals surface area contributed by atoms with Crippen LogP contribution in [0.2, 0.25) is 0 Å². The van der Waals surface area contributed by atoms with Gasteiger partial charge >= 0.3 is 12.4 Å². The van der Waals surface area contributed by atoms with Crippen molar-refractivity contribution in [3.05, 3.63) is 70.3 Å². The van der Waals surface area contributed by atoms with Crippen LogP contribution in [-0.4, -0.2) is 0 Å². The van der Waals surface area contributed by atoms with Gasteiger partial charge in [-0.15, -0.1) is 0 Å². The molecule has 2 rings (SSSR count). The molecular formula is C33H48F6. The van der Waals surface area contributed by atoms with E-state index in [0.717, 1.165) is 40.7 Å². The molecule has 0 atom stereocenters. The first-order chi connectivity index (χ1) is 18.1. The average Bonchev–Trinajstić information content (AvgIpc) is 2.88. The van der Waals surface area contributed by atoms with E-state index in [0.29, 0.717) is 18.4 Å². The van der Waals surface area contributed by atoms with E-state index in [-0.39, 0.29) is 11.6 Å². The van der Waals surface area contributed by atoms with Gasteiger partial charge in [0.25, 0.3) is 0 Å². The third-order valence-electron chi connectivity index (χ3n) is 6.75. The second kappa shape index (κ2) is 17.5. The monoisotopic (exact) mass is 558 g/mol. The first kappa shape index (κ1) is 36.8. The molecular weight excluding hydrogens is 510 g/mol. The van der Waals surface area contributed by atoms with Gasteiger partial charge in [-0.3, -0.25) is 0 Å². The second-order valence-electron chi connectivity index (χ2n) is 10.1. The minimum Gasteiger partial charge on any atom is -0.166 e. The molecule has 0 aliphatic rings. The van der Waals surface area contributed by atoms with Crippen LogP contribution in [0, 0.1) is 18.8 Å². The van der Waals surface area contributed by atoms with Gasteiger partial charge in [0.1, 0.15) is 0 Å². The Hall–Kier alpha value is -2.24. The summed E-state index contributed by atoms with van der Waals surface area (Å²) in [5, 5.41) is 0. The predicted molar refractivity (Wildman–Crippen MR) is 155 cm³/mol. The van der Waals surface area contributed by atoms with E-state index in [4.69, 9.17) is 0 Å². The summed E-state index contributed by atoms with van der Waals surface area (Å²) in [6.45, 7) is 18.6. The van der Waals surface area contributed by atoms with Crippen molar-refractivity contribution < 1.29 is 26.3 Å². The summed E-state index contributed by atoms with van der Waals surface area (Å²) >= 11 is 0. The first-order valence-electron chi connectivity index (χ1n) is 14.2. The fourth-order valence-corrected chi connectivity index (χ4v) is 4.30. The van der Waals surface area contributed by atoms with Crippen LogP contribution in [0.25, 0.3) is 11.1 Å². The number of aryl methyl sites for hydroxylation is 1. The zero-order valence-corrected chi connectivity index (χ0v) is 25.2. The predicted octanol–water partition coefficient (Wildman–Crippen LogP) is 12.6. The minimum atomic E-state index is -4.86. The van der Waals surface area contributed by atoms with Crippen LogP contribution in [0.5, 0.6) is 0 Å². The molecule has 0 nitrogen and oxygen atoms in total. The lowest BCUT2D eigenvalue weighted by atomic mass is 9.89. The number of halogens is 6. The maximum absolute atomic E-state index is 13.2. The van der Waals surface area contributed by atoms with Crippen molar-refractivity contribution in [2.75, 3.05) is 0 Å². The lowest BCUT2D eigenvalue weighted by Crippen LogP contribution is -2.11. The van der Waals surface area contributed by atoms with E-state index in [9.17, 15) is 26.3 Å². The Kier molecular flexibility index (Phi) is 16.4. The van der Waals surface area contributed by atoms with Crippen LogP contribution in [-0.2, 0) is 12.4 Å². The van der Waals surface area contributed by atoms with Gasteiger partial charge in [0, 0.05) is 0 Å². The van der Waals surface area contributed by atoms with Crippen LogP contribution in [0.4, 0.5) is 26.3 Å². The van der Waals surface area contributed by atoms with Crippen molar-refractivity contribution in [2.45, 2.75) is 113 Å². The number of alkyl halides is 6. The van der Waals surface area contributed by atoms with Gasteiger partial charge in [-0.1, -0.05) is 105 Å². The Labute approximate surface area is 232 Å². The third-order valence-corrected chi connectivity index (χ3v) is 6.75. The zero-order chi connectivity index (χ0) is 30.4. The molecule has 0 saturated carbocycles. The Morgan fingerprint density at radius 1 is 0.769 bits per heavy atom. The van der Waals surface area contributed by atoms with Crippen molar-refractivity contribution in [1.29, 1.82) is 0 Å². The third kappa shape index (κ3) is 12.7. The summed E-state index contributed by atoms with van der Waals surface area (Å²) < 4.78 is 78.9. The molecule has 0 aliphatic carbocycles. The van der Waals surface area contributed by atoms with E-state index >= 15 is 0 Å². The fourth-order valence-electron chi connectivity index (χ4n) is 4.30. The molecule has 0 amide bonds. The number of hydrogen-bond acceptors (Lipinski definition) is 0. The molecule has 6 heteroatoms. The van der Waals surface area contributed by atoms with Crippen molar-refractivity contribution in [2.24, 2.45) is 11.8 Å². The van der Waals surface area contributed by atoms with Crippen molar-refractivity contribution in [3.63, 3.8) is 0 Å².